The molecule has 1 aromatic heterocycles. The Hall–Kier alpha value is -2.96. The number of piperidine rings is 1. The molecule has 2 fully saturated rings. The van der Waals surface area contributed by atoms with Gasteiger partial charge >= 0.3 is 0 Å². The van der Waals surface area contributed by atoms with E-state index in [-0.39, 0.29) is 11.8 Å². The third-order valence-corrected chi connectivity index (χ3v) is 6.44. The van der Waals surface area contributed by atoms with Gasteiger partial charge in [-0.15, -0.1) is 0 Å². The van der Waals surface area contributed by atoms with Gasteiger partial charge < -0.3 is 14.7 Å². The van der Waals surface area contributed by atoms with E-state index in [9.17, 15) is 9.90 Å². The van der Waals surface area contributed by atoms with Crippen molar-refractivity contribution in [3.8, 4) is 16.9 Å². The number of fused-ring (bicyclic) bond motifs is 1. The second kappa shape index (κ2) is 9.27. The topological polar surface area (TPSA) is 74.7 Å². The monoisotopic (exact) mass is 431 g/mol. The van der Waals surface area contributed by atoms with Gasteiger partial charge in [0.05, 0.1) is 12.1 Å². The maximum Gasteiger partial charge on any atom is 0.222 e. The molecule has 2 aliphatic heterocycles. The minimum atomic E-state index is -0.438. The van der Waals surface area contributed by atoms with Gasteiger partial charge in [-0.2, -0.15) is 0 Å². The molecule has 32 heavy (non-hydrogen) atoms. The summed E-state index contributed by atoms with van der Waals surface area (Å²) >= 11 is 0. The van der Waals surface area contributed by atoms with Crippen LogP contribution in [0.25, 0.3) is 22.0 Å². The summed E-state index contributed by atoms with van der Waals surface area (Å²) < 4.78 is 6.21. The van der Waals surface area contributed by atoms with E-state index in [4.69, 9.17) is 4.74 Å². The van der Waals surface area contributed by atoms with E-state index < -0.39 is 6.23 Å². The third kappa shape index (κ3) is 4.61. The zero-order valence-electron chi connectivity index (χ0n) is 18.2. The molecule has 2 atom stereocenters. The van der Waals surface area contributed by atoms with Crippen molar-refractivity contribution < 1.29 is 14.6 Å². The SMILES string of the molecule is O=C1CCCCN1Cc1ccc(-c2cc(OCC3CNC(O)C3)c3cccnc3c2)cc1. The Morgan fingerprint density at radius 2 is 2.00 bits per heavy atom. The first kappa shape index (κ1) is 20.9. The number of rotatable bonds is 6. The Bertz CT molecular complexity index is 1100. The molecule has 2 aliphatic rings. The van der Waals surface area contributed by atoms with Crippen LogP contribution in [0.2, 0.25) is 0 Å². The van der Waals surface area contributed by atoms with Crippen LogP contribution < -0.4 is 10.1 Å². The zero-order valence-corrected chi connectivity index (χ0v) is 18.2. The first-order valence-corrected chi connectivity index (χ1v) is 11.5. The van der Waals surface area contributed by atoms with Crippen molar-refractivity contribution in [2.45, 2.75) is 38.5 Å². The molecule has 2 saturated heterocycles. The van der Waals surface area contributed by atoms with Crippen LogP contribution in [0.5, 0.6) is 5.75 Å². The molecule has 166 valence electrons. The van der Waals surface area contributed by atoms with Crippen molar-refractivity contribution >= 4 is 16.8 Å². The van der Waals surface area contributed by atoms with Crippen molar-refractivity contribution in [1.82, 2.24) is 15.2 Å². The average molecular weight is 432 g/mol. The fourth-order valence-corrected chi connectivity index (χ4v) is 4.61. The van der Waals surface area contributed by atoms with Crippen LogP contribution in [0, 0.1) is 5.92 Å². The molecule has 2 unspecified atom stereocenters. The molecule has 2 N–H and O–H groups in total. The first-order chi connectivity index (χ1) is 15.7. The number of hydrogen-bond acceptors (Lipinski definition) is 5. The maximum atomic E-state index is 12.1. The molecule has 2 aromatic carbocycles. The van der Waals surface area contributed by atoms with Gasteiger partial charge in [0.1, 0.15) is 12.0 Å². The predicted octanol–water partition coefficient (Wildman–Crippen LogP) is 3.72. The Labute approximate surface area is 188 Å². The van der Waals surface area contributed by atoms with Crippen molar-refractivity contribution in [1.29, 1.82) is 0 Å². The van der Waals surface area contributed by atoms with Crippen LogP contribution in [-0.2, 0) is 11.3 Å². The Balaban J connectivity index is 1.36. The van der Waals surface area contributed by atoms with E-state index in [1.807, 2.05) is 17.0 Å². The lowest BCUT2D eigenvalue weighted by Gasteiger charge is -2.26. The molecule has 0 spiro atoms. The highest BCUT2D eigenvalue weighted by Crippen LogP contribution is 2.32. The lowest BCUT2D eigenvalue weighted by molar-refractivity contribution is -0.133. The number of aliphatic hydroxyl groups excluding tert-OH is 1. The molecule has 3 aromatic rings. The molecule has 0 saturated carbocycles. The normalized spacial score (nSPS) is 21.3. The number of carbonyl (C=O) groups is 1. The smallest absolute Gasteiger partial charge is 0.222 e. The Morgan fingerprint density at radius 1 is 1.12 bits per heavy atom. The molecule has 6 nitrogen and oxygen atoms in total. The summed E-state index contributed by atoms with van der Waals surface area (Å²) in [5.41, 5.74) is 4.18. The minimum Gasteiger partial charge on any atom is -0.493 e. The van der Waals surface area contributed by atoms with Crippen molar-refractivity contribution in [3.63, 3.8) is 0 Å². The van der Waals surface area contributed by atoms with E-state index in [1.165, 1.54) is 0 Å². The van der Waals surface area contributed by atoms with Crippen LogP contribution in [0.15, 0.2) is 54.7 Å². The molecule has 6 heteroatoms. The van der Waals surface area contributed by atoms with Gasteiger partial charge in [-0.25, -0.2) is 0 Å². The summed E-state index contributed by atoms with van der Waals surface area (Å²) in [6.07, 6.45) is 4.83. The Kier molecular flexibility index (Phi) is 6.06. The molecule has 0 aliphatic carbocycles. The number of nitrogens with zero attached hydrogens (tertiary/aromatic N) is 2. The van der Waals surface area contributed by atoms with Crippen LogP contribution in [-0.4, -0.2) is 46.8 Å². The van der Waals surface area contributed by atoms with E-state index >= 15 is 0 Å². The molecule has 0 radical (unpaired) electrons. The van der Waals surface area contributed by atoms with Crippen molar-refractivity contribution in [2.24, 2.45) is 5.92 Å². The molecule has 3 heterocycles. The average Bonchev–Trinajstić information content (AvgIpc) is 3.24. The van der Waals surface area contributed by atoms with Gasteiger partial charge in [-0.3, -0.25) is 15.1 Å². The van der Waals surface area contributed by atoms with Gasteiger partial charge in [-0.1, -0.05) is 24.3 Å². The van der Waals surface area contributed by atoms with Gasteiger partial charge in [0.15, 0.2) is 0 Å². The van der Waals surface area contributed by atoms with Crippen molar-refractivity contribution in [3.05, 3.63) is 60.3 Å². The van der Waals surface area contributed by atoms with E-state index in [1.54, 1.807) is 6.20 Å². The van der Waals surface area contributed by atoms with Gasteiger partial charge in [0, 0.05) is 43.6 Å². The number of ether oxygens (including phenoxy) is 1. The van der Waals surface area contributed by atoms with Crippen LogP contribution in [0.3, 0.4) is 0 Å². The third-order valence-electron chi connectivity index (χ3n) is 6.44. The number of amides is 1. The van der Waals surface area contributed by atoms with Gasteiger partial charge in [0.25, 0.3) is 0 Å². The fraction of sp³-hybridized carbons (Fsp3) is 0.385. The highest BCUT2D eigenvalue weighted by Gasteiger charge is 2.23. The van der Waals surface area contributed by atoms with Crippen LogP contribution in [0.4, 0.5) is 0 Å². The number of likely N-dealkylation sites (tertiary alicyclic amines) is 1. The summed E-state index contributed by atoms with van der Waals surface area (Å²) in [5.74, 6) is 1.36. The quantitative estimate of drug-likeness (QED) is 0.622. The molecule has 0 bridgehead atoms. The largest absolute Gasteiger partial charge is 0.493 e. The van der Waals surface area contributed by atoms with Crippen LogP contribution in [0.1, 0.15) is 31.2 Å². The Morgan fingerprint density at radius 3 is 2.78 bits per heavy atom. The second-order valence-corrected chi connectivity index (χ2v) is 8.85. The number of benzene rings is 2. The number of aromatic nitrogens is 1. The summed E-state index contributed by atoms with van der Waals surface area (Å²) in [5, 5.41) is 13.7. The second-order valence-electron chi connectivity index (χ2n) is 8.85. The first-order valence-electron chi connectivity index (χ1n) is 11.5. The molecule has 1 amide bonds. The lowest BCUT2D eigenvalue weighted by Crippen LogP contribution is -2.34. The molecule has 5 rings (SSSR count). The number of nitrogens with one attached hydrogen (secondary N) is 1. The van der Waals surface area contributed by atoms with E-state index in [0.717, 1.165) is 59.3 Å². The minimum absolute atomic E-state index is 0.257. The number of pyridine rings is 1. The maximum absolute atomic E-state index is 12.1. The predicted molar refractivity (Wildman–Crippen MR) is 124 cm³/mol. The van der Waals surface area contributed by atoms with E-state index in [0.29, 0.717) is 26.0 Å². The highest BCUT2D eigenvalue weighted by molar-refractivity contribution is 5.90. The number of hydrogen-bond donors (Lipinski definition) is 2. The number of aliphatic hydroxyl groups is 1. The molecular weight excluding hydrogens is 402 g/mol. The summed E-state index contributed by atoms with van der Waals surface area (Å²) in [6.45, 7) is 2.84. The highest BCUT2D eigenvalue weighted by atomic mass is 16.5. The van der Waals surface area contributed by atoms with Crippen LogP contribution >= 0.6 is 0 Å². The summed E-state index contributed by atoms with van der Waals surface area (Å²) in [7, 11) is 0. The van der Waals surface area contributed by atoms with Crippen molar-refractivity contribution in [2.75, 3.05) is 19.7 Å². The summed E-state index contributed by atoms with van der Waals surface area (Å²) in [4.78, 5) is 18.6. The molecular formula is C26H29N3O3. The lowest BCUT2D eigenvalue weighted by atomic mass is 10.0. The zero-order chi connectivity index (χ0) is 21.9. The standard InChI is InChI=1S/C26H29N3O3/c30-25-12-19(15-28-25)17-32-24-14-21(13-23-22(24)4-3-10-27-23)20-8-6-18(7-9-20)16-29-11-2-1-5-26(29)31/h3-4,6-10,13-14,19,25,28,30H,1-2,5,11-12,15-17H2. The number of carbonyl (C=O) groups excluding carboxylic acids is 1. The summed E-state index contributed by atoms with van der Waals surface area (Å²) in [6, 6.07) is 16.5. The van der Waals surface area contributed by atoms with E-state index in [2.05, 4.69) is 46.7 Å². The fourth-order valence-electron chi connectivity index (χ4n) is 4.61. The van der Waals surface area contributed by atoms with Gasteiger partial charge in [-0.05, 0) is 60.2 Å². The van der Waals surface area contributed by atoms with Gasteiger partial charge in [0.2, 0.25) is 5.91 Å².